The molecule has 0 amide bonds. The van der Waals surface area contributed by atoms with Crippen LogP contribution in [0.5, 0.6) is 0 Å². The first-order chi connectivity index (χ1) is 10.9. The molecule has 1 saturated heterocycles. The van der Waals surface area contributed by atoms with Gasteiger partial charge in [-0.1, -0.05) is 25.1 Å². The number of hydrogen-bond donors (Lipinski definition) is 1. The van der Waals surface area contributed by atoms with Crippen LogP contribution in [0.25, 0.3) is 0 Å². The number of rotatable bonds is 7. The second-order valence-electron chi connectivity index (χ2n) is 5.74. The lowest BCUT2D eigenvalue weighted by Crippen LogP contribution is -2.41. The molecule has 0 radical (unpaired) electrons. The minimum absolute atomic E-state index is 0.0339. The van der Waals surface area contributed by atoms with E-state index >= 15 is 0 Å². The number of benzene rings is 1. The van der Waals surface area contributed by atoms with Crippen LogP contribution in [0, 0.1) is 5.92 Å². The Kier molecular flexibility index (Phi) is 6.15. The summed E-state index contributed by atoms with van der Waals surface area (Å²) in [6.45, 7) is 2.73. The predicted octanol–water partition coefficient (Wildman–Crippen LogP) is 1.75. The second kappa shape index (κ2) is 7.90. The summed E-state index contributed by atoms with van der Waals surface area (Å²) in [6, 6.07) is 7.07. The molecule has 1 heterocycles. The van der Waals surface area contributed by atoms with Gasteiger partial charge >= 0.3 is 5.97 Å². The molecule has 23 heavy (non-hydrogen) atoms. The van der Waals surface area contributed by atoms with Gasteiger partial charge in [0.05, 0.1) is 11.5 Å². The van der Waals surface area contributed by atoms with Gasteiger partial charge < -0.3 is 9.84 Å². The molecule has 0 bridgehead atoms. The molecule has 1 fully saturated rings. The molecule has 0 spiro atoms. The van der Waals surface area contributed by atoms with Gasteiger partial charge in [-0.25, -0.2) is 13.2 Å². The lowest BCUT2D eigenvalue weighted by atomic mass is 10.0. The first kappa shape index (κ1) is 17.9. The van der Waals surface area contributed by atoms with Crippen LogP contribution in [0.4, 0.5) is 0 Å². The third-order valence-corrected chi connectivity index (χ3v) is 6.00. The zero-order chi connectivity index (χ0) is 16.9. The SMILES string of the molecule is CCc1ccccc1S(=O)(=O)N1CCCC(COCC(=O)O)C1. The van der Waals surface area contributed by atoms with Crippen LogP contribution >= 0.6 is 0 Å². The van der Waals surface area contributed by atoms with E-state index in [0.717, 1.165) is 18.4 Å². The van der Waals surface area contributed by atoms with Crippen molar-refractivity contribution in [3.8, 4) is 0 Å². The summed E-state index contributed by atoms with van der Waals surface area (Å²) in [5.41, 5.74) is 0.816. The molecule has 2 rings (SSSR count). The average Bonchev–Trinajstić information content (AvgIpc) is 2.54. The normalized spacial score (nSPS) is 19.6. The predicted molar refractivity (Wildman–Crippen MR) is 85.8 cm³/mol. The number of sulfonamides is 1. The van der Waals surface area contributed by atoms with Crippen LogP contribution in [0.15, 0.2) is 29.2 Å². The standard InChI is InChI=1S/C16H23NO5S/c1-2-14-7-3-4-8-15(14)23(20,21)17-9-5-6-13(10-17)11-22-12-16(18)19/h3-4,7-8,13H,2,5-6,9-12H2,1H3,(H,18,19). The summed E-state index contributed by atoms with van der Waals surface area (Å²) < 4.78 is 32.4. The molecule has 1 N–H and O–H groups in total. The minimum Gasteiger partial charge on any atom is -0.480 e. The van der Waals surface area contributed by atoms with Gasteiger partial charge in [0.1, 0.15) is 6.61 Å². The number of carbonyl (C=O) groups is 1. The fourth-order valence-corrected chi connectivity index (χ4v) is 4.73. The van der Waals surface area contributed by atoms with Crippen LogP contribution in [0.3, 0.4) is 0 Å². The zero-order valence-corrected chi connectivity index (χ0v) is 14.1. The lowest BCUT2D eigenvalue weighted by molar-refractivity contribution is -0.142. The summed E-state index contributed by atoms with van der Waals surface area (Å²) in [5.74, 6) is -0.978. The highest BCUT2D eigenvalue weighted by molar-refractivity contribution is 7.89. The highest BCUT2D eigenvalue weighted by Crippen LogP contribution is 2.26. The maximum atomic E-state index is 12.9. The molecule has 6 nitrogen and oxygen atoms in total. The van der Waals surface area contributed by atoms with Gasteiger partial charge in [-0.3, -0.25) is 0 Å². The van der Waals surface area contributed by atoms with Crippen molar-refractivity contribution >= 4 is 16.0 Å². The van der Waals surface area contributed by atoms with Crippen LogP contribution in [-0.2, 0) is 26.0 Å². The molecule has 128 valence electrons. The Balaban J connectivity index is 2.09. The molecular weight excluding hydrogens is 318 g/mol. The number of aliphatic carboxylic acids is 1. The Morgan fingerprint density at radius 1 is 1.39 bits per heavy atom. The van der Waals surface area contributed by atoms with Crippen molar-refractivity contribution in [2.75, 3.05) is 26.3 Å². The molecule has 7 heteroatoms. The van der Waals surface area contributed by atoms with Crippen LogP contribution in [0.1, 0.15) is 25.3 Å². The number of nitrogens with zero attached hydrogens (tertiary/aromatic N) is 1. The quantitative estimate of drug-likeness (QED) is 0.817. The van der Waals surface area contributed by atoms with E-state index in [1.54, 1.807) is 12.1 Å². The van der Waals surface area contributed by atoms with E-state index in [0.29, 0.717) is 24.4 Å². The smallest absolute Gasteiger partial charge is 0.329 e. The topological polar surface area (TPSA) is 83.9 Å². The van der Waals surface area contributed by atoms with Gasteiger partial charge in [0.15, 0.2) is 0 Å². The van der Waals surface area contributed by atoms with Crippen molar-refractivity contribution in [2.45, 2.75) is 31.1 Å². The van der Waals surface area contributed by atoms with Crippen molar-refractivity contribution in [3.63, 3.8) is 0 Å². The molecular formula is C16H23NO5S. The van der Waals surface area contributed by atoms with E-state index in [9.17, 15) is 13.2 Å². The number of ether oxygens (including phenoxy) is 1. The largest absolute Gasteiger partial charge is 0.480 e. The molecule has 1 atom stereocenters. The number of piperidine rings is 1. The molecule has 1 aromatic rings. The second-order valence-corrected chi connectivity index (χ2v) is 7.65. The minimum atomic E-state index is -3.52. The first-order valence-electron chi connectivity index (χ1n) is 7.82. The summed E-state index contributed by atoms with van der Waals surface area (Å²) in [5, 5.41) is 8.60. The van der Waals surface area contributed by atoms with Crippen LogP contribution in [0.2, 0.25) is 0 Å². The van der Waals surface area contributed by atoms with Crippen LogP contribution < -0.4 is 0 Å². The third-order valence-electron chi connectivity index (χ3n) is 4.03. The van der Waals surface area contributed by atoms with Crippen molar-refractivity contribution in [3.05, 3.63) is 29.8 Å². The fourth-order valence-electron chi connectivity index (χ4n) is 2.88. The van der Waals surface area contributed by atoms with E-state index in [-0.39, 0.29) is 19.1 Å². The Morgan fingerprint density at radius 3 is 2.83 bits per heavy atom. The van der Waals surface area contributed by atoms with Gasteiger partial charge in [-0.2, -0.15) is 4.31 Å². The van der Waals surface area contributed by atoms with Crippen LogP contribution in [-0.4, -0.2) is 50.1 Å². The third kappa shape index (κ3) is 4.53. The number of hydrogen-bond acceptors (Lipinski definition) is 4. The summed E-state index contributed by atoms with van der Waals surface area (Å²) >= 11 is 0. The van der Waals surface area contributed by atoms with E-state index in [4.69, 9.17) is 9.84 Å². The summed E-state index contributed by atoms with van der Waals surface area (Å²) in [7, 11) is -3.52. The fraction of sp³-hybridized carbons (Fsp3) is 0.562. The Bertz CT molecular complexity index is 644. The monoisotopic (exact) mass is 341 g/mol. The molecule has 1 aliphatic heterocycles. The number of carboxylic acid groups (broad SMARTS) is 1. The summed E-state index contributed by atoms with van der Waals surface area (Å²) in [6.07, 6.45) is 2.27. The van der Waals surface area contributed by atoms with E-state index in [1.165, 1.54) is 4.31 Å². The van der Waals surface area contributed by atoms with Gasteiger partial charge in [-0.05, 0) is 36.8 Å². The summed E-state index contributed by atoms with van der Waals surface area (Å²) in [4.78, 5) is 10.9. The van der Waals surface area contributed by atoms with E-state index in [1.807, 2.05) is 19.1 Å². The Morgan fingerprint density at radius 2 is 2.13 bits per heavy atom. The maximum absolute atomic E-state index is 12.9. The lowest BCUT2D eigenvalue weighted by Gasteiger charge is -2.32. The zero-order valence-electron chi connectivity index (χ0n) is 13.3. The highest BCUT2D eigenvalue weighted by Gasteiger charge is 2.31. The Hall–Kier alpha value is -1.44. The van der Waals surface area contributed by atoms with Gasteiger partial charge in [0, 0.05) is 13.1 Å². The average molecular weight is 341 g/mol. The van der Waals surface area contributed by atoms with Crippen molar-refractivity contribution in [1.29, 1.82) is 0 Å². The van der Waals surface area contributed by atoms with E-state index in [2.05, 4.69) is 0 Å². The first-order valence-corrected chi connectivity index (χ1v) is 9.26. The molecule has 1 aromatic carbocycles. The molecule has 0 saturated carbocycles. The van der Waals surface area contributed by atoms with E-state index < -0.39 is 16.0 Å². The van der Waals surface area contributed by atoms with Crippen molar-refractivity contribution in [2.24, 2.45) is 5.92 Å². The van der Waals surface area contributed by atoms with Gasteiger partial charge in [-0.15, -0.1) is 0 Å². The molecule has 0 aromatic heterocycles. The number of carboxylic acids is 1. The molecule has 1 aliphatic rings. The van der Waals surface area contributed by atoms with Crippen molar-refractivity contribution in [1.82, 2.24) is 4.31 Å². The molecule has 0 aliphatic carbocycles. The number of aryl methyl sites for hydroxylation is 1. The van der Waals surface area contributed by atoms with Gasteiger partial charge in [0.25, 0.3) is 0 Å². The van der Waals surface area contributed by atoms with Gasteiger partial charge in [0.2, 0.25) is 10.0 Å². The molecule has 1 unspecified atom stereocenters. The highest BCUT2D eigenvalue weighted by atomic mass is 32.2. The Labute approximate surface area is 137 Å². The maximum Gasteiger partial charge on any atom is 0.329 e. The van der Waals surface area contributed by atoms with Crippen molar-refractivity contribution < 1.29 is 23.1 Å².